The lowest BCUT2D eigenvalue weighted by Gasteiger charge is -2.43. The zero-order valence-electron chi connectivity index (χ0n) is 21.6. The molecule has 1 aromatic carbocycles. The number of rotatable bonds is 7. The molecule has 36 heavy (non-hydrogen) atoms. The molecule has 2 aliphatic rings. The Hall–Kier alpha value is -3.09. The van der Waals surface area contributed by atoms with E-state index in [9.17, 15) is 14.7 Å². The number of aromatic hydroxyl groups is 1. The smallest absolute Gasteiger partial charge is 0.252 e. The Labute approximate surface area is 212 Å². The first kappa shape index (κ1) is 24.6. The van der Waals surface area contributed by atoms with Gasteiger partial charge in [-0.15, -0.1) is 5.10 Å². The first-order chi connectivity index (χ1) is 17.3. The van der Waals surface area contributed by atoms with E-state index in [-0.39, 0.29) is 23.4 Å². The van der Waals surface area contributed by atoms with Gasteiger partial charge in [0.1, 0.15) is 17.3 Å². The lowest BCUT2D eigenvalue weighted by Crippen LogP contribution is -2.45. The maximum absolute atomic E-state index is 13.5. The van der Waals surface area contributed by atoms with Crippen LogP contribution >= 0.6 is 0 Å². The van der Waals surface area contributed by atoms with Crippen molar-refractivity contribution >= 4 is 17.3 Å². The third-order valence-corrected chi connectivity index (χ3v) is 8.54. The van der Waals surface area contributed by atoms with Crippen molar-refractivity contribution in [2.75, 3.05) is 0 Å². The van der Waals surface area contributed by atoms with Crippen LogP contribution < -0.4 is 0 Å². The summed E-state index contributed by atoms with van der Waals surface area (Å²) >= 11 is 0. The highest BCUT2D eigenvalue weighted by Gasteiger charge is 2.49. The van der Waals surface area contributed by atoms with Crippen LogP contribution in [-0.2, 0) is 28.9 Å². The fourth-order valence-electron chi connectivity index (χ4n) is 6.57. The SMILES string of the molecule is CCc1cc(CCC2(C3CCCC3)CC(=O)C(Cc3nc4nc(C)cc(C)n4n3)C(=O)C2)ccc1O. The van der Waals surface area contributed by atoms with Crippen LogP contribution in [0.4, 0.5) is 0 Å². The van der Waals surface area contributed by atoms with Gasteiger partial charge in [-0.05, 0) is 80.5 Å². The quantitative estimate of drug-likeness (QED) is 0.475. The van der Waals surface area contributed by atoms with Crippen LogP contribution in [0.15, 0.2) is 24.3 Å². The molecule has 0 aliphatic heterocycles. The van der Waals surface area contributed by atoms with Crippen molar-refractivity contribution in [2.24, 2.45) is 17.3 Å². The van der Waals surface area contributed by atoms with E-state index in [0.29, 0.717) is 36.1 Å². The Morgan fingerprint density at radius 3 is 2.47 bits per heavy atom. The normalized spacial score (nSPS) is 23.1. The van der Waals surface area contributed by atoms with Crippen LogP contribution in [0.25, 0.3) is 5.78 Å². The molecule has 3 aromatic rings. The molecule has 1 N–H and O–H groups in total. The monoisotopic (exact) mass is 488 g/mol. The van der Waals surface area contributed by atoms with Gasteiger partial charge in [0.2, 0.25) is 0 Å². The molecule has 0 unspecified atom stereocenters. The minimum absolute atomic E-state index is 0.0396. The topological polar surface area (TPSA) is 97.5 Å². The fourth-order valence-corrected chi connectivity index (χ4v) is 6.57. The van der Waals surface area contributed by atoms with Crippen molar-refractivity contribution in [3.8, 4) is 5.75 Å². The second-order valence-corrected chi connectivity index (χ2v) is 11.0. The zero-order valence-corrected chi connectivity index (χ0v) is 21.6. The summed E-state index contributed by atoms with van der Waals surface area (Å²) in [4.78, 5) is 36.0. The van der Waals surface area contributed by atoms with Crippen molar-refractivity contribution < 1.29 is 14.7 Å². The van der Waals surface area contributed by atoms with E-state index in [1.165, 1.54) is 12.8 Å². The van der Waals surface area contributed by atoms with Gasteiger partial charge in [-0.2, -0.15) is 4.98 Å². The van der Waals surface area contributed by atoms with Crippen molar-refractivity contribution in [3.05, 3.63) is 52.6 Å². The molecule has 0 radical (unpaired) electrons. The van der Waals surface area contributed by atoms with Crippen molar-refractivity contribution in [1.82, 2.24) is 19.6 Å². The molecule has 5 rings (SSSR count). The first-order valence-corrected chi connectivity index (χ1v) is 13.3. The third kappa shape index (κ3) is 4.67. The molecular weight excluding hydrogens is 452 g/mol. The van der Waals surface area contributed by atoms with E-state index in [2.05, 4.69) is 21.1 Å². The summed E-state index contributed by atoms with van der Waals surface area (Å²) in [5, 5.41) is 14.6. The highest BCUT2D eigenvalue weighted by molar-refractivity contribution is 6.05. The van der Waals surface area contributed by atoms with Gasteiger partial charge in [0.15, 0.2) is 5.82 Å². The van der Waals surface area contributed by atoms with E-state index < -0.39 is 5.92 Å². The summed E-state index contributed by atoms with van der Waals surface area (Å²) in [6.45, 7) is 5.90. The minimum Gasteiger partial charge on any atom is -0.508 e. The largest absolute Gasteiger partial charge is 0.508 e. The van der Waals surface area contributed by atoms with E-state index in [0.717, 1.165) is 54.6 Å². The number of aromatic nitrogens is 4. The number of fused-ring (bicyclic) bond motifs is 1. The predicted molar refractivity (Wildman–Crippen MR) is 137 cm³/mol. The Morgan fingerprint density at radius 1 is 1.06 bits per heavy atom. The molecule has 0 spiro atoms. The Morgan fingerprint density at radius 2 is 1.78 bits per heavy atom. The van der Waals surface area contributed by atoms with Crippen LogP contribution in [-0.4, -0.2) is 36.3 Å². The molecule has 0 atom stereocenters. The number of ketones is 2. The molecule has 0 bridgehead atoms. The molecule has 2 fully saturated rings. The van der Waals surface area contributed by atoms with Crippen molar-refractivity contribution in [1.29, 1.82) is 0 Å². The number of phenols is 1. The van der Waals surface area contributed by atoms with Gasteiger partial charge in [0, 0.05) is 30.7 Å². The highest BCUT2D eigenvalue weighted by atomic mass is 16.3. The molecule has 0 amide bonds. The average Bonchev–Trinajstić information content (AvgIpc) is 3.52. The van der Waals surface area contributed by atoms with Crippen molar-refractivity contribution in [2.45, 2.75) is 85.0 Å². The Balaban J connectivity index is 1.36. The van der Waals surface area contributed by atoms with Crippen LogP contribution in [0.5, 0.6) is 5.75 Å². The summed E-state index contributed by atoms with van der Waals surface area (Å²) in [5.41, 5.74) is 3.63. The number of Topliss-reactive ketones (excluding diaryl/α,β-unsaturated/α-hetero) is 2. The molecule has 2 saturated carbocycles. The average molecular weight is 489 g/mol. The lowest BCUT2D eigenvalue weighted by atomic mass is 9.59. The number of aryl methyl sites for hydroxylation is 4. The maximum atomic E-state index is 13.5. The van der Waals surface area contributed by atoms with E-state index >= 15 is 0 Å². The third-order valence-electron chi connectivity index (χ3n) is 8.54. The first-order valence-electron chi connectivity index (χ1n) is 13.3. The van der Waals surface area contributed by atoms with Crippen molar-refractivity contribution in [3.63, 3.8) is 0 Å². The van der Waals surface area contributed by atoms with Gasteiger partial charge in [0.25, 0.3) is 5.78 Å². The number of phenolic OH excluding ortho intramolecular Hbond substituents is 1. The number of hydrogen-bond donors (Lipinski definition) is 1. The summed E-state index contributed by atoms with van der Waals surface area (Å²) in [5.74, 6) is 1.18. The molecule has 7 nitrogen and oxygen atoms in total. The highest BCUT2D eigenvalue weighted by Crippen LogP contribution is 2.51. The van der Waals surface area contributed by atoms with Crippen LogP contribution in [0.2, 0.25) is 0 Å². The predicted octanol–water partition coefficient (Wildman–Crippen LogP) is 4.91. The molecule has 7 heteroatoms. The van der Waals surface area contributed by atoms with Gasteiger partial charge >= 0.3 is 0 Å². The number of benzene rings is 1. The summed E-state index contributed by atoms with van der Waals surface area (Å²) in [6.07, 6.45) is 8.11. The maximum Gasteiger partial charge on any atom is 0.252 e. The van der Waals surface area contributed by atoms with Gasteiger partial charge in [-0.25, -0.2) is 9.50 Å². The lowest BCUT2D eigenvalue weighted by molar-refractivity contribution is -0.142. The number of carbonyl (C=O) groups excluding carboxylic acids is 2. The summed E-state index contributed by atoms with van der Waals surface area (Å²) in [7, 11) is 0. The fraction of sp³-hybridized carbons (Fsp3) is 0.552. The molecule has 2 aromatic heterocycles. The number of hydrogen-bond acceptors (Lipinski definition) is 6. The molecule has 190 valence electrons. The molecule has 2 aliphatic carbocycles. The van der Waals surface area contributed by atoms with E-state index in [4.69, 9.17) is 0 Å². The van der Waals surface area contributed by atoms with Crippen LogP contribution in [0.3, 0.4) is 0 Å². The summed E-state index contributed by atoms with van der Waals surface area (Å²) in [6, 6.07) is 7.75. The van der Waals surface area contributed by atoms with Gasteiger partial charge < -0.3 is 5.11 Å². The van der Waals surface area contributed by atoms with E-state index in [1.807, 2.05) is 32.9 Å². The molecular formula is C29H36N4O3. The van der Waals surface area contributed by atoms with Crippen LogP contribution in [0.1, 0.15) is 80.2 Å². The van der Waals surface area contributed by atoms with E-state index in [1.54, 1.807) is 10.6 Å². The van der Waals surface area contributed by atoms with Gasteiger partial charge in [-0.1, -0.05) is 31.9 Å². The Kier molecular flexibility index (Phi) is 6.66. The summed E-state index contributed by atoms with van der Waals surface area (Å²) < 4.78 is 1.69. The van der Waals surface area contributed by atoms with Gasteiger partial charge in [0.05, 0.1) is 5.92 Å². The number of carbonyl (C=O) groups is 2. The second-order valence-electron chi connectivity index (χ2n) is 11.0. The second kappa shape index (κ2) is 9.75. The molecule has 2 heterocycles. The minimum atomic E-state index is -0.668. The molecule has 0 saturated heterocycles. The standard InChI is InChI=1S/C29H36N4O3/c1-4-21-14-20(9-10-24(21)34)11-12-29(22-7-5-6-8-22)16-25(35)23(26(36)17-29)15-27-31-28-30-18(2)13-19(3)33(28)32-27/h9-10,13-14,22-23,34H,4-8,11-12,15-17H2,1-3H3. The number of nitrogens with zero attached hydrogens (tertiary/aromatic N) is 4. The van der Waals surface area contributed by atoms with Crippen LogP contribution in [0, 0.1) is 31.1 Å². The zero-order chi connectivity index (χ0) is 25.4. The Bertz CT molecular complexity index is 1290. The van der Waals surface area contributed by atoms with Gasteiger partial charge in [-0.3, -0.25) is 9.59 Å².